The molecule has 4 nitrogen and oxygen atoms in total. The molecule has 0 radical (unpaired) electrons. The molecule has 16 heavy (non-hydrogen) atoms. The highest BCUT2D eigenvalue weighted by atomic mass is 16.5. The average Bonchev–Trinajstić information content (AvgIpc) is 2.80. The first-order chi connectivity index (χ1) is 7.75. The maximum Gasteiger partial charge on any atom is 0.354 e. The molecule has 0 aromatic carbocycles. The Hall–Kier alpha value is -1.58. The first-order valence-corrected chi connectivity index (χ1v) is 5.58. The summed E-state index contributed by atoms with van der Waals surface area (Å²) in [6.07, 6.45) is 6.54. The van der Waals surface area contributed by atoms with E-state index in [4.69, 9.17) is 9.84 Å². The van der Waals surface area contributed by atoms with Gasteiger partial charge in [-0.1, -0.05) is 12.8 Å². The number of carbonyl (C=O) groups is 1. The van der Waals surface area contributed by atoms with Gasteiger partial charge in [-0.25, -0.2) is 9.78 Å². The van der Waals surface area contributed by atoms with Crippen LogP contribution in [0.3, 0.4) is 0 Å². The summed E-state index contributed by atoms with van der Waals surface area (Å²) in [5.74, 6) is 0.290. The molecule has 0 spiro atoms. The summed E-state index contributed by atoms with van der Waals surface area (Å²) in [5.41, 5.74) is 0.0493. The van der Waals surface area contributed by atoms with Gasteiger partial charge in [0.05, 0.1) is 12.8 Å². The van der Waals surface area contributed by atoms with Crippen molar-refractivity contribution in [2.45, 2.75) is 25.7 Å². The van der Waals surface area contributed by atoms with Crippen LogP contribution >= 0.6 is 0 Å². The van der Waals surface area contributed by atoms with Crippen LogP contribution in [-0.2, 0) is 0 Å². The molecule has 0 unspecified atom stereocenters. The van der Waals surface area contributed by atoms with Crippen molar-refractivity contribution in [2.75, 3.05) is 6.61 Å². The zero-order valence-corrected chi connectivity index (χ0v) is 9.06. The smallest absolute Gasteiger partial charge is 0.354 e. The van der Waals surface area contributed by atoms with Gasteiger partial charge in [0.15, 0.2) is 0 Å². The first kappa shape index (κ1) is 10.9. The molecule has 0 amide bonds. The molecule has 2 rings (SSSR count). The van der Waals surface area contributed by atoms with Crippen molar-refractivity contribution in [3.05, 3.63) is 24.0 Å². The Labute approximate surface area is 94.3 Å². The zero-order valence-electron chi connectivity index (χ0n) is 9.06. The molecule has 1 aliphatic rings. The quantitative estimate of drug-likeness (QED) is 0.847. The van der Waals surface area contributed by atoms with Crippen LogP contribution in [0, 0.1) is 5.92 Å². The summed E-state index contributed by atoms with van der Waals surface area (Å²) in [5, 5.41) is 8.67. The van der Waals surface area contributed by atoms with Gasteiger partial charge in [0.2, 0.25) is 0 Å². The second kappa shape index (κ2) is 4.96. The molecule has 1 N–H and O–H groups in total. The van der Waals surface area contributed by atoms with Gasteiger partial charge >= 0.3 is 5.97 Å². The monoisotopic (exact) mass is 221 g/mol. The van der Waals surface area contributed by atoms with Crippen molar-refractivity contribution in [3.63, 3.8) is 0 Å². The van der Waals surface area contributed by atoms with Crippen molar-refractivity contribution in [2.24, 2.45) is 5.92 Å². The molecule has 1 heterocycles. The van der Waals surface area contributed by atoms with E-state index in [1.165, 1.54) is 37.9 Å². The number of carboxylic acids is 1. The number of rotatable bonds is 4. The fourth-order valence-corrected chi connectivity index (χ4v) is 1.98. The predicted molar refractivity (Wildman–Crippen MR) is 58.6 cm³/mol. The molecule has 1 aromatic heterocycles. The van der Waals surface area contributed by atoms with E-state index in [1.807, 2.05) is 0 Å². The highest BCUT2D eigenvalue weighted by Gasteiger charge is 2.15. The Kier molecular flexibility index (Phi) is 3.39. The van der Waals surface area contributed by atoms with Gasteiger partial charge in [-0.2, -0.15) is 0 Å². The van der Waals surface area contributed by atoms with Gasteiger partial charge in [-0.05, 0) is 30.9 Å². The molecule has 1 fully saturated rings. The third-order valence-corrected chi connectivity index (χ3v) is 2.92. The van der Waals surface area contributed by atoms with Crippen molar-refractivity contribution >= 4 is 5.97 Å². The maximum atomic E-state index is 10.6. The van der Waals surface area contributed by atoms with Crippen molar-refractivity contribution in [3.8, 4) is 5.75 Å². The third kappa shape index (κ3) is 2.72. The zero-order chi connectivity index (χ0) is 11.4. The van der Waals surface area contributed by atoms with E-state index in [1.54, 1.807) is 6.07 Å². The molecule has 0 aliphatic heterocycles. The Morgan fingerprint density at radius 3 is 2.75 bits per heavy atom. The lowest BCUT2D eigenvalue weighted by molar-refractivity contribution is 0.0690. The Morgan fingerprint density at radius 1 is 1.44 bits per heavy atom. The van der Waals surface area contributed by atoms with Crippen molar-refractivity contribution in [1.29, 1.82) is 0 Å². The number of pyridine rings is 1. The number of hydrogen-bond acceptors (Lipinski definition) is 3. The average molecular weight is 221 g/mol. The van der Waals surface area contributed by atoms with Gasteiger partial charge in [-0.15, -0.1) is 0 Å². The van der Waals surface area contributed by atoms with Crippen molar-refractivity contribution < 1.29 is 14.6 Å². The van der Waals surface area contributed by atoms with Gasteiger partial charge in [0, 0.05) is 0 Å². The first-order valence-electron chi connectivity index (χ1n) is 5.58. The molecule has 1 aliphatic carbocycles. The fraction of sp³-hybridized carbons (Fsp3) is 0.500. The lowest BCUT2D eigenvalue weighted by atomic mass is 10.1. The minimum absolute atomic E-state index is 0.0493. The van der Waals surface area contributed by atoms with Crippen LogP contribution in [0.2, 0.25) is 0 Å². The van der Waals surface area contributed by atoms with E-state index in [2.05, 4.69) is 4.98 Å². The largest absolute Gasteiger partial charge is 0.492 e. The Balaban J connectivity index is 1.87. The summed E-state index contributed by atoms with van der Waals surface area (Å²) < 4.78 is 5.57. The van der Waals surface area contributed by atoms with Gasteiger partial charge < -0.3 is 9.84 Å². The molecule has 1 aromatic rings. The molecule has 0 atom stereocenters. The maximum absolute atomic E-state index is 10.6. The van der Waals surface area contributed by atoms with E-state index in [0.717, 1.165) is 0 Å². The molecule has 86 valence electrons. The van der Waals surface area contributed by atoms with Crippen LogP contribution in [0.5, 0.6) is 5.75 Å². The minimum Gasteiger partial charge on any atom is -0.492 e. The van der Waals surface area contributed by atoms with E-state index in [-0.39, 0.29) is 5.69 Å². The lowest BCUT2D eigenvalue weighted by Crippen LogP contribution is -2.08. The molecule has 4 heteroatoms. The molecule has 0 bridgehead atoms. The second-order valence-corrected chi connectivity index (χ2v) is 4.15. The summed E-state index contributed by atoms with van der Waals surface area (Å²) >= 11 is 0. The topological polar surface area (TPSA) is 59.4 Å². The van der Waals surface area contributed by atoms with Gasteiger partial charge in [0.25, 0.3) is 0 Å². The number of hydrogen-bond donors (Lipinski definition) is 1. The Morgan fingerprint density at radius 2 is 2.19 bits per heavy atom. The van der Waals surface area contributed by atoms with E-state index >= 15 is 0 Å². The van der Waals surface area contributed by atoms with Crippen LogP contribution in [0.15, 0.2) is 18.3 Å². The second-order valence-electron chi connectivity index (χ2n) is 4.15. The van der Waals surface area contributed by atoms with Crippen LogP contribution in [0.25, 0.3) is 0 Å². The molecule has 1 saturated carbocycles. The standard InChI is InChI=1S/C12H15NO3/c14-12(15)11-6-5-10(7-13-11)16-8-9-3-1-2-4-9/h5-7,9H,1-4,8H2,(H,14,15). The van der Waals surface area contributed by atoms with Crippen LogP contribution in [-0.4, -0.2) is 22.7 Å². The van der Waals surface area contributed by atoms with E-state index in [9.17, 15) is 4.79 Å². The predicted octanol–water partition coefficient (Wildman–Crippen LogP) is 2.35. The number of carboxylic acid groups (broad SMARTS) is 1. The fourth-order valence-electron chi connectivity index (χ4n) is 1.98. The normalized spacial score (nSPS) is 16.2. The third-order valence-electron chi connectivity index (χ3n) is 2.92. The lowest BCUT2D eigenvalue weighted by Gasteiger charge is -2.10. The molecular weight excluding hydrogens is 206 g/mol. The van der Waals surface area contributed by atoms with Crippen molar-refractivity contribution in [1.82, 2.24) is 4.98 Å². The highest BCUT2D eigenvalue weighted by molar-refractivity contribution is 5.85. The van der Waals surface area contributed by atoms with Gasteiger partial charge in [-0.3, -0.25) is 0 Å². The van der Waals surface area contributed by atoms with Crippen LogP contribution in [0.4, 0.5) is 0 Å². The SMILES string of the molecule is O=C(O)c1ccc(OCC2CCCC2)cn1. The van der Waals surface area contributed by atoms with Crippen LogP contribution in [0.1, 0.15) is 36.2 Å². The van der Waals surface area contributed by atoms with E-state index in [0.29, 0.717) is 18.3 Å². The number of nitrogens with zero attached hydrogens (tertiary/aromatic N) is 1. The summed E-state index contributed by atoms with van der Waals surface area (Å²) in [6, 6.07) is 3.12. The van der Waals surface area contributed by atoms with Crippen LogP contribution < -0.4 is 4.74 Å². The Bertz CT molecular complexity index is 355. The summed E-state index contributed by atoms with van der Waals surface area (Å²) in [6.45, 7) is 0.716. The molecular formula is C12H15NO3. The summed E-state index contributed by atoms with van der Waals surface area (Å²) in [7, 11) is 0. The van der Waals surface area contributed by atoms with Gasteiger partial charge in [0.1, 0.15) is 11.4 Å². The number of aromatic carboxylic acids is 1. The summed E-state index contributed by atoms with van der Waals surface area (Å²) in [4.78, 5) is 14.4. The highest BCUT2D eigenvalue weighted by Crippen LogP contribution is 2.25. The minimum atomic E-state index is -1.01. The molecule has 0 saturated heterocycles. The number of ether oxygens (including phenoxy) is 1. The van der Waals surface area contributed by atoms with E-state index < -0.39 is 5.97 Å². The number of aromatic nitrogens is 1.